The molecule has 8 nitrogen and oxygen atoms in total. The topological polar surface area (TPSA) is 96.1 Å². The van der Waals surface area contributed by atoms with E-state index in [0.29, 0.717) is 23.9 Å². The highest BCUT2D eigenvalue weighted by molar-refractivity contribution is 7.99. The normalized spacial score (nSPS) is 12.9. The van der Waals surface area contributed by atoms with Crippen molar-refractivity contribution in [2.24, 2.45) is 0 Å². The molecule has 10 heteroatoms. The first-order valence-corrected chi connectivity index (χ1v) is 10.8. The molecule has 0 spiro atoms. The third-order valence-corrected chi connectivity index (χ3v) is 5.30. The molecule has 1 N–H and O–H groups in total. The fourth-order valence-corrected chi connectivity index (χ4v) is 3.40. The summed E-state index contributed by atoms with van der Waals surface area (Å²) in [4.78, 5) is 0. The van der Waals surface area contributed by atoms with E-state index in [0.717, 1.165) is 5.56 Å². The first kappa shape index (κ1) is 23.8. The van der Waals surface area contributed by atoms with Crippen molar-refractivity contribution in [3.8, 4) is 17.2 Å². The molecule has 32 heavy (non-hydrogen) atoms. The predicted octanol–water partition coefficient (Wildman–Crippen LogP) is 4.04. The van der Waals surface area contributed by atoms with E-state index < -0.39 is 18.0 Å². The summed E-state index contributed by atoms with van der Waals surface area (Å²) < 4.78 is 40.8. The van der Waals surface area contributed by atoms with Gasteiger partial charge in [0.1, 0.15) is 0 Å². The Morgan fingerprint density at radius 1 is 1.06 bits per heavy atom. The number of hydrogen-bond acceptors (Lipinski definition) is 9. The van der Waals surface area contributed by atoms with Crippen LogP contribution in [0.5, 0.6) is 17.2 Å². The highest BCUT2D eigenvalue weighted by atomic mass is 32.2. The van der Waals surface area contributed by atoms with Crippen molar-refractivity contribution >= 4 is 11.8 Å². The number of halogens is 1. The average Bonchev–Trinajstić information content (AvgIpc) is 3.28. The quantitative estimate of drug-likeness (QED) is 0.398. The van der Waals surface area contributed by atoms with Gasteiger partial charge in [0, 0.05) is 5.75 Å². The van der Waals surface area contributed by atoms with Crippen LogP contribution in [0.25, 0.3) is 0 Å². The lowest BCUT2D eigenvalue weighted by molar-refractivity contribution is 0.0396. The number of para-hydroxylation sites is 1. The van der Waals surface area contributed by atoms with Crippen molar-refractivity contribution in [3.63, 3.8) is 0 Å². The maximum Gasteiger partial charge on any atom is 0.276 e. The zero-order valence-electron chi connectivity index (χ0n) is 18.0. The molecule has 2 aromatic carbocycles. The average molecular weight is 465 g/mol. The number of nitrogens with zero attached hydrogens (tertiary/aromatic N) is 2. The number of methoxy groups -OCH3 is 2. The van der Waals surface area contributed by atoms with Gasteiger partial charge in [-0.15, -0.1) is 10.2 Å². The van der Waals surface area contributed by atoms with Crippen molar-refractivity contribution in [1.82, 2.24) is 10.2 Å². The summed E-state index contributed by atoms with van der Waals surface area (Å²) >= 11 is 1.20. The molecule has 0 radical (unpaired) electrons. The van der Waals surface area contributed by atoms with Gasteiger partial charge in [0.15, 0.2) is 29.2 Å². The molecule has 0 bridgehead atoms. The van der Waals surface area contributed by atoms with Crippen molar-refractivity contribution in [3.05, 3.63) is 59.7 Å². The molecule has 3 rings (SSSR count). The number of rotatable bonds is 12. The molecule has 0 fully saturated rings. The number of benzene rings is 2. The van der Waals surface area contributed by atoms with Crippen LogP contribution in [0.15, 0.2) is 52.1 Å². The Bertz CT molecular complexity index is 1000. The van der Waals surface area contributed by atoms with E-state index in [1.54, 1.807) is 39.3 Å². The Balaban J connectivity index is 1.42. The smallest absolute Gasteiger partial charge is 0.276 e. The van der Waals surface area contributed by atoms with Crippen molar-refractivity contribution in [2.75, 3.05) is 26.6 Å². The Morgan fingerprint density at radius 2 is 1.84 bits per heavy atom. The number of aliphatic hydroxyl groups is 1. The summed E-state index contributed by atoms with van der Waals surface area (Å²) in [5.41, 5.74) is 0.896. The Labute approximate surface area is 189 Å². The van der Waals surface area contributed by atoms with Crippen LogP contribution in [0, 0.1) is 5.82 Å². The van der Waals surface area contributed by atoms with Crippen molar-refractivity contribution < 1.29 is 32.9 Å². The minimum atomic E-state index is -0.734. The van der Waals surface area contributed by atoms with E-state index in [2.05, 4.69) is 10.2 Å². The van der Waals surface area contributed by atoms with Gasteiger partial charge in [-0.3, -0.25) is 0 Å². The van der Waals surface area contributed by atoms with Crippen LogP contribution in [0.2, 0.25) is 0 Å². The molecule has 0 saturated heterocycles. The summed E-state index contributed by atoms with van der Waals surface area (Å²) in [7, 11) is 3.14. The molecule has 2 atom stereocenters. The van der Waals surface area contributed by atoms with E-state index in [1.807, 2.05) is 12.1 Å². The SMILES string of the molecule is COc1ccc(COCC(O)CSc2nnc(C(C)Oc3ccccc3F)o2)cc1OC. The second-order valence-corrected chi connectivity index (χ2v) is 7.74. The number of aromatic nitrogens is 2. The molecular formula is C22H25FN2O6S. The predicted molar refractivity (Wildman–Crippen MR) is 116 cm³/mol. The fraction of sp³-hybridized carbons (Fsp3) is 0.364. The van der Waals surface area contributed by atoms with Crippen molar-refractivity contribution in [2.45, 2.75) is 31.0 Å². The molecule has 1 heterocycles. The maximum absolute atomic E-state index is 13.7. The zero-order chi connectivity index (χ0) is 22.9. The van der Waals surface area contributed by atoms with Crippen LogP contribution in [0.4, 0.5) is 4.39 Å². The van der Waals surface area contributed by atoms with Gasteiger partial charge in [-0.05, 0) is 36.8 Å². The molecular weight excluding hydrogens is 439 g/mol. The van der Waals surface area contributed by atoms with Crippen LogP contribution in [-0.2, 0) is 11.3 Å². The van der Waals surface area contributed by atoms with Gasteiger partial charge >= 0.3 is 0 Å². The Kier molecular flexibility index (Phi) is 8.72. The van der Waals surface area contributed by atoms with E-state index in [4.69, 9.17) is 23.4 Å². The van der Waals surface area contributed by atoms with Gasteiger partial charge in [-0.25, -0.2) is 4.39 Å². The monoisotopic (exact) mass is 464 g/mol. The maximum atomic E-state index is 13.7. The van der Waals surface area contributed by atoms with E-state index >= 15 is 0 Å². The molecule has 0 aliphatic heterocycles. The largest absolute Gasteiger partial charge is 0.493 e. The Morgan fingerprint density at radius 3 is 2.59 bits per heavy atom. The first-order valence-electron chi connectivity index (χ1n) is 9.84. The van der Waals surface area contributed by atoms with Gasteiger partial charge < -0.3 is 28.5 Å². The highest BCUT2D eigenvalue weighted by Gasteiger charge is 2.18. The Hall–Kier alpha value is -2.82. The van der Waals surface area contributed by atoms with Crippen LogP contribution in [0.1, 0.15) is 24.5 Å². The molecule has 2 unspecified atom stereocenters. The van der Waals surface area contributed by atoms with Crippen LogP contribution < -0.4 is 14.2 Å². The molecule has 0 aliphatic carbocycles. The number of thioether (sulfide) groups is 1. The lowest BCUT2D eigenvalue weighted by atomic mass is 10.2. The molecule has 0 saturated carbocycles. The summed E-state index contributed by atoms with van der Waals surface area (Å²) in [6.45, 7) is 2.14. The second kappa shape index (κ2) is 11.7. The van der Waals surface area contributed by atoms with E-state index in [9.17, 15) is 9.50 Å². The lowest BCUT2D eigenvalue weighted by Gasteiger charge is -2.12. The van der Waals surface area contributed by atoms with Gasteiger partial charge in [-0.1, -0.05) is 30.0 Å². The lowest BCUT2D eigenvalue weighted by Crippen LogP contribution is -2.17. The number of hydrogen-bond donors (Lipinski definition) is 1. The van der Waals surface area contributed by atoms with Crippen molar-refractivity contribution in [1.29, 1.82) is 0 Å². The minimum absolute atomic E-state index is 0.106. The van der Waals surface area contributed by atoms with Crippen LogP contribution in [-0.4, -0.2) is 48.0 Å². The standard InChI is InChI=1S/C22H25FN2O6S/c1-14(30-18-7-5-4-6-17(18)23)21-24-25-22(31-21)32-13-16(26)12-29-11-15-8-9-19(27-2)20(10-15)28-3/h4-10,14,16,26H,11-13H2,1-3H3. The second-order valence-electron chi connectivity index (χ2n) is 6.77. The summed E-state index contributed by atoms with van der Waals surface area (Å²) in [6, 6.07) is 11.6. The van der Waals surface area contributed by atoms with Gasteiger partial charge in [0.25, 0.3) is 11.1 Å². The highest BCUT2D eigenvalue weighted by Crippen LogP contribution is 2.28. The minimum Gasteiger partial charge on any atom is -0.493 e. The summed E-state index contributed by atoms with van der Waals surface area (Å²) in [5, 5.41) is 18.3. The molecule has 0 aliphatic rings. The fourth-order valence-electron chi connectivity index (χ4n) is 2.72. The third-order valence-electron chi connectivity index (χ3n) is 4.34. The molecule has 1 aromatic heterocycles. The van der Waals surface area contributed by atoms with Crippen LogP contribution in [0.3, 0.4) is 0 Å². The molecule has 172 valence electrons. The summed E-state index contributed by atoms with van der Waals surface area (Å²) in [5.74, 6) is 1.41. The summed E-state index contributed by atoms with van der Waals surface area (Å²) in [6.07, 6.45) is -1.36. The third kappa shape index (κ3) is 6.59. The molecule has 3 aromatic rings. The van der Waals surface area contributed by atoms with Gasteiger partial charge in [0.05, 0.1) is 33.5 Å². The van der Waals surface area contributed by atoms with Crippen LogP contribution >= 0.6 is 11.8 Å². The number of ether oxygens (including phenoxy) is 4. The van der Waals surface area contributed by atoms with E-state index in [1.165, 1.54) is 23.9 Å². The molecule has 0 amide bonds. The van der Waals surface area contributed by atoms with Gasteiger partial charge in [0.2, 0.25) is 0 Å². The number of aliphatic hydroxyl groups excluding tert-OH is 1. The van der Waals surface area contributed by atoms with Gasteiger partial charge in [-0.2, -0.15) is 0 Å². The van der Waals surface area contributed by atoms with E-state index in [-0.39, 0.29) is 23.5 Å². The first-order chi connectivity index (χ1) is 15.5. The zero-order valence-corrected chi connectivity index (χ0v) is 18.8.